The molecule has 0 heterocycles. The number of hydrogen-bond donors (Lipinski definition) is 0. The first-order valence-corrected chi connectivity index (χ1v) is 7.27. The second-order valence-corrected chi connectivity index (χ2v) is 4.80. The molecule has 1 aromatic carbocycles. The highest BCUT2D eigenvalue weighted by Crippen LogP contribution is 2.09. The molecule has 0 saturated carbocycles. The van der Waals surface area contributed by atoms with Crippen LogP contribution in [0.1, 0.15) is 18.1 Å². The van der Waals surface area contributed by atoms with Gasteiger partial charge in [-0.25, -0.2) is 0 Å². The highest BCUT2D eigenvalue weighted by atomic mass is 16.1. The van der Waals surface area contributed by atoms with Crippen molar-refractivity contribution < 1.29 is 4.79 Å². The molecule has 0 radical (unpaired) electrons. The van der Waals surface area contributed by atoms with Crippen LogP contribution in [0.25, 0.3) is 6.08 Å². The number of fused-ring (bicyclic) bond motifs is 1. The second-order valence-electron chi connectivity index (χ2n) is 4.80. The zero-order valence-corrected chi connectivity index (χ0v) is 12.9. The number of benzene rings is 1. The average Bonchev–Trinajstić information content (AvgIpc) is 2.56. The van der Waals surface area contributed by atoms with Gasteiger partial charge in [-0.3, -0.25) is 4.79 Å². The molecule has 0 bridgehead atoms. The molecule has 1 aliphatic carbocycles. The Kier molecular flexibility index (Phi) is 6.21. The highest BCUT2D eigenvalue weighted by Gasteiger charge is 1.93. The predicted molar refractivity (Wildman–Crippen MR) is 96.3 cm³/mol. The van der Waals surface area contributed by atoms with E-state index in [1.54, 1.807) is 18.2 Å². The van der Waals surface area contributed by atoms with Crippen LogP contribution in [0.3, 0.4) is 0 Å². The van der Waals surface area contributed by atoms with Crippen LogP contribution in [0.15, 0.2) is 78.4 Å². The molecule has 0 saturated heterocycles. The summed E-state index contributed by atoms with van der Waals surface area (Å²) in [6, 6.07) is 7.82. The Balaban J connectivity index is 2.40. The first-order valence-electron chi connectivity index (χ1n) is 7.27. The fourth-order valence-corrected chi connectivity index (χ4v) is 1.81. The number of allylic oxidation sites excluding steroid dienone is 9. The molecule has 110 valence electrons. The molecule has 0 amide bonds. The van der Waals surface area contributed by atoms with E-state index in [1.165, 1.54) is 12.2 Å². The van der Waals surface area contributed by atoms with Gasteiger partial charge in [-0.05, 0) is 48.1 Å². The highest BCUT2D eigenvalue weighted by molar-refractivity contribution is 5.99. The van der Waals surface area contributed by atoms with Crippen molar-refractivity contribution in [3.8, 4) is 23.7 Å². The molecule has 0 unspecified atom stereocenters. The van der Waals surface area contributed by atoms with Gasteiger partial charge in [-0.15, -0.1) is 0 Å². The first-order chi connectivity index (χ1) is 11.3. The summed E-state index contributed by atoms with van der Waals surface area (Å²) in [6.45, 7) is 1.92. The van der Waals surface area contributed by atoms with Crippen molar-refractivity contribution in [3.63, 3.8) is 0 Å². The van der Waals surface area contributed by atoms with Crippen LogP contribution in [0.4, 0.5) is 0 Å². The van der Waals surface area contributed by atoms with Crippen molar-refractivity contribution in [1.82, 2.24) is 0 Å². The Morgan fingerprint density at radius 3 is 2.35 bits per heavy atom. The normalized spacial score (nSPS) is 21.8. The van der Waals surface area contributed by atoms with E-state index in [1.807, 2.05) is 55.5 Å². The molecule has 0 N–H and O–H groups in total. The molecule has 1 aliphatic rings. The summed E-state index contributed by atoms with van der Waals surface area (Å²) in [6.07, 6.45) is 15.8. The van der Waals surface area contributed by atoms with E-state index in [4.69, 9.17) is 0 Å². The molecular formula is C22H16O. The van der Waals surface area contributed by atoms with E-state index in [-0.39, 0.29) is 5.78 Å². The topological polar surface area (TPSA) is 17.1 Å². The smallest absolute Gasteiger partial charge is 0.178 e. The Morgan fingerprint density at radius 2 is 1.48 bits per heavy atom. The number of hydrogen-bond acceptors (Lipinski definition) is 1. The Bertz CT molecular complexity index is 850. The van der Waals surface area contributed by atoms with Gasteiger partial charge in [0.25, 0.3) is 0 Å². The van der Waals surface area contributed by atoms with Crippen LogP contribution in [0, 0.1) is 23.7 Å². The third kappa shape index (κ3) is 5.92. The third-order valence-corrected chi connectivity index (χ3v) is 2.96. The van der Waals surface area contributed by atoms with E-state index < -0.39 is 0 Å². The lowest BCUT2D eigenvalue weighted by Crippen LogP contribution is -1.83. The molecule has 23 heavy (non-hydrogen) atoms. The molecule has 0 aromatic heterocycles. The molecule has 2 rings (SSSR count). The fourth-order valence-electron chi connectivity index (χ4n) is 1.81. The minimum Gasteiger partial charge on any atom is -0.290 e. The molecule has 0 spiro atoms. The van der Waals surface area contributed by atoms with Gasteiger partial charge < -0.3 is 0 Å². The summed E-state index contributed by atoms with van der Waals surface area (Å²) in [5, 5.41) is 0. The quantitative estimate of drug-likeness (QED) is 0.654. The number of carbonyl (C=O) groups excluding carboxylic acids is 1. The Morgan fingerprint density at radius 1 is 0.783 bits per heavy atom. The molecule has 0 aliphatic heterocycles. The van der Waals surface area contributed by atoms with Crippen molar-refractivity contribution in [2.45, 2.75) is 6.92 Å². The van der Waals surface area contributed by atoms with Crippen molar-refractivity contribution in [3.05, 3.63) is 89.6 Å². The van der Waals surface area contributed by atoms with E-state index in [2.05, 4.69) is 23.7 Å². The van der Waals surface area contributed by atoms with E-state index in [9.17, 15) is 4.79 Å². The van der Waals surface area contributed by atoms with Crippen molar-refractivity contribution in [1.29, 1.82) is 0 Å². The van der Waals surface area contributed by atoms with Crippen LogP contribution < -0.4 is 0 Å². The van der Waals surface area contributed by atoms with E-state index in [0.717, 1.165) is 16.7 Å². The lowest BCUT2D eigenvalue weighted by atomic mass is 10.1. The number of carbonyl (C=O) groups is 1. The van der Waals surface area contributed by atoms with Crippen molar-refractivity contribution in [2.75, 3.05) is 0 Å². The maximum absolute atomic E-state index is 11.6. The summed E-state index contributed by atoms with van der Waals surface area (Å²) in [5.41, 5.74) is 2.81. The van der Waals surface area contributed by atoms with Crippen LogP contribution in [0.5, 0.6) is 0 Å². The molecule has 1 aromatic rings. The second kappa shape index (κ2) is 8.88. The molecule has 0 atom stereocenters. The van der Waals surface area contributed by atoms with Gasteiger partial charge in [-0.1, -0.05) is 72.6 Å². The van der Waals surface area contributed by atoms with E-state index in [0.29, 0.717) is 0 Å². The summed E-state index contributed by atoms with van der Waals surface area (Å²) in [4.78, 5) is 11.6. The first kappa shape index (κ1) is 16.1. The lowest BCUT2D eigenvalue weighted by Gasteiger charge is -1.96. The third-order valence-electron chi connectivity index (χ3n) is 2.96. The summed E-state index contributed by atoms with van der Waals surface area (Å²) < 4.78 is 0. The van der Waals surface area contributed by atoms with Gasteiger partial charge in [0.2, 0.25) is 0 Å². The Hall–Kier alpha value is -3.29. The van der Waals surface area contributed by atoms with Gasteiger partial charge >= 0.3 is 0 Å². The van der Waals surface area contributed by atoms with Gasteiger partial charge in [-0.2, -0.15) is 0 Å². The van der Waals surface area contributed by atoms with Gasteiger partial charge in [0, 0.05) is 5.56 Å². The molecule has 1 heteroatoms. The molecule has 1 nitrogen and oxygen atoms in total. The van der Waals surface area contributed by atoms with E-state index >= 15 is 0 Å². The van der Waals surface area contributed by atoms with Crippen LogP contribution >= 0.6 is 0 Å². The largest absolute Gasteiger partial charge is 0.290 e. The Labute approximate surface area is 137 Å². The SMILES string of the molecule is C/C1=C/C=C/C=C/C(=O)/C=C/C=C/c2ccccc2C#CC#C1. The molecular weight excluding hydrogens is 280 g/mol. The zero-order chi connectivity index (χ0) is 16.3. The van der Waals surface area contributed by atoms with Crippen molar-refractivity contribution in [2.24, 2.45) is 0 Å². The fraction of sp³-hybridized carbons (Fsp3) is 0.0455. The maximum atomic E-state index is 11.6. The van der Waals surface area contributed by atoms with Gasteiger partial charge in [0.1, 0.15) is 0 Å². The minimum atomic E-state index is -0.0582. The summed E-state index contributed by atoms with van der Waals surface area (Å²) >= 11 is 0. The predicted octanol–water partition coefficient (Wildman–Crippen LogP) is 4.25. The maximum Gasteiger partial charge on any atom is 0.178 e. The molecule has 0 fully saturated rings. The average molecular weight is 296 g/mol. The van der Waals surface area contributed by atoms with Gasteiger partial charge in [0.05, 0.1) is 0 Å². The number of rotatable bonds is 0. The van der Waals surface area contributed by atoms with Crippen molar-refractivity contribution >= 4 is 11.9 Å². The standard InChI is InChI=1S/C22H16O/c1-19-11-3-2-4-17-22(23)18-10-9-16-21-15-8-7-14-20(21)13-6-5-12-19/h2-4,7-11,14-18H,1H3/b3-2+,16-9+,17-4+,18-10+,19-11-. The van der Waals surface area contributed by atoms with Gasteiger partial charge in [0.15, 0.2) is 5.78 Å². The zero-order valence-electron chi connectivity index (χ0n) is 12.9. The van der Waals surface area contributed by atoms with Crippen LogP contribution in [-0.2, 0) is 4.79 Å². The minimum absolute atomic E-state index is 0.0582. The lowest BCUT2D eigenvalue weighted by molar-refractivity contribution is -0.110. The number of ketones is 1. The summed E-state index contributed by atoms with van der Waals surface area (Å²) in [7, 11) is 0. The van der Waals surface area contributed by atoms with Crippen LogP contribution in [0.2, 0.25) is 0 Å². The monoisotopic (exact) mass is 296 g/mol. The summed E-state index contributed by atoms with van der Waals surface area (Å²) in [5.74, 6) is 11.7. The van der Waals surface area contributed by atoms with Crippen LogP contribution in [-0.4, -0.2) is 5.78 Å².